The third-order valence-corrected chi connectivity index (χ3v) is 5.90. The molecule has 0 spiro atoms. The lowest BCUT2D eigenvalue weighted by Crippen LogP contribution is -2.05. The highest BCUT2D eigenvalue weighted by atomic mass is 32.2. The SMILES string of the molecule is CCCCNc1c(-c2ccc(OC)c(SC(C)CC)c2)nc2cnccn12. The van der Waals surface area contributed by atoms with Gasteiger partial charge in [0, 0.05) is 29.8 Å². The lowest BCUT2D eigenvalue weighted by atomic mass is 10.1. The van der Waals surface area contributed by atoms with Gasteiger partial charge >= 0.3 is 0 Å². The normalized spacial score (nSPS) is 12.3. The van der Waals surface area contributed by atoms with Gasteiger partial charge in [0.1, 0.15) is 17.3 Å². The zero-order valence-corrected chi connectivity index (χ0v) is 17.3. The Hall–Kier alpha value is -2.21. The van der Waals surface area contributed by atoms with Gasteiger partial charge in [-0.2, -0.15) is 0 Å². The van der Waals surface area contributed by atoms with Crippen LogP contribution in [0, 0.1) is 0 Å². The fraction of sp³-hybridized carbons (Fsp3) is 0.429. The van der Waals surface area contributed by atoms with Gasteiger partial charge in [-0.15, -0.1) is 11.8 Å². The molecule has 144 valence electrons. The van der Waals surface area contributed by atoms with Crippen LogP contribution in [0.3, 0.4) is 0 Å². The van der Waals surface area contributed by atoms with Gasteiger partial charge in [-0.1, -0.05) is 27.2 Å². The topological polar surface area (TPSA) is 51.5 Å². The number of hydrogen-bond donors (Lipinski definition) is 1. The van der Waals surface area contributed by atoms with Crippen LogP contribution in [-0.2, 0) is 0 Å². The molecule has 0 bridgehead atoms. The summed E-state index contributed by atoms with van der Waals surface area (Å²) in [6, 6.07) is 6.31. The zero-order valence-electron chi connectivity index (χ0n) is 16.5. The second-order valence-corrected chi connectivity index (χ2v) is 8.08. The van der Waals surface area contributed by atoms with E-state index in [4.69, 9.17) is 9.72 Å². The quantitative estimate of drug-likeness (QED) is 0.389. The van der Waals surface area contributed by atoms with Crippen molar-refractivity contribution in [2.24, 2.45) is 0 Å². The molecule has 1 unspecified atom stereocenters. The minimum Gasteiger partial charge on any atom is -0.496 e. The highest BCUT2D eigenvalue weighted by Gasteiger charge is 2.16. The molecule has 1 atom stereocenters. The molecule has 3 aromatic rings. The molecule has 2 heterocycles. The molecule has 0 saturated carbocycles. The highest BCUT2D eigenvalue weighted by molar-refractivity contribution is 8.00. The fourth-order valence-electron chi connectivity index (χ4n) is 2.88. The second-order valence-electron chi connectivity index (χ2n) is 6.60. The van der Waals surface area contributed by atoms with Crippen molar-refractivity contribution in [2.45, 2.75) is 50.2 Å². The van der Waals surface area contributed by atoms with Crippen LogP contribution in [0.2, 0.25) is 0 Å². The zero-order chi connectivity index (χ0) is 19.2. The third-order valence-electron chi connectivity index (χ3n) is 4.59. The average Bonchev–Trinajstić information content (AvgIpc) is 3.07. The molecule has 0 fully saturated rings. The van der Waals surface area contributed by atoms with Crippen molar-refractivity contribution in [2.75, 3.05) is 19.0 Å². The molecule has 0 aliphatic carbocycles. The fourth-order valence-corrected chi connectivity index (χ4v) is 3.94. The summed E-state index contributed by atoms with van der Waals surface area (Å²) in [6.45, 7) is 7.57. The molecular weight excluding hydrogens is 356 g/mol. The first-order valence-corrected chi connectivity index (χ1v) is 10.5. The van der Waals surface area contributed by atoms with Crippen molar-refractivity contribution in [3.8, 4) is 17.0 Å². The van der Waals surface area contributed by atoms with Crippen LogP contribution < -0.4 is 10.1 Å². The molecule has 0 amide bonds. The molecule has 0 aliphatic heterocycles. The minimum atomic E-state index is 0.529. The van der Waals surface area contributed by atoms with E-state index in [1.165, 1.54) is 0 Å². The first kappa shape index (κ1) is 19.5. The van der Waals surface area contributed by atoms with E-state index in [1.54, 1.807) is 19.5 Å². The summed E-state index contributed by atoms with van der Waals surface area (Å²) in [7, 11) is 1.73. The van der Waals surface area contributed by atoms with E-state index < -0.39 is 0 Å². The van der Waals surface area contributed by atoms with Crippen molar-refractivity contribution in [3.05, 3.63) is 36.8 Å². The average molecular weight is 385 g/mol. The Labute approximate surface area is 165 Å². The van der Waals surface area contributed by atoms with Gasteiger partial charge in [-0.25, -0.2) is 4.98 Å². The van der Waals surface area contributed by atoms with Crippen LogP contribution in [0.1, 0.15) is 40.0 Å². The summed E-state index contributed by atoms with van der Waals surface area (Å²) in [5.41, 5.74) is 2.88. The van der Waals surface area contributed by atoms with Crippen LogP contribution in [-0.4, -0.2) is 33.3 Å². The Kier molecular flexibility index (Phi) is 6.61. The largest absolute Gasteiger partial charge is 0.496 e. The third kappa shape index (κ3) is 4.38. The Bertz CT molecular complexity index is 893. The van der Waals surface area contributed by atoms with Crippen LogP contribution in [0.4, 0.5) is 5.82 Å². The summed E-state index contributed by atoms with van der Waals surface area (Å²) in [4.78, 5) is 10.2. The number of hydrogen-bond acceptors (Lipinski definition) is 5. The second kappa shape index (κ2) is 9.13. The number of thioether (sulfide) groups is 1. The number of benzene rings is 1. The molecule has 6 heteroatoms. The molecule has 0 aliphatic rings. The number of aromatic nitrogens is 3. The van der Waals surface area contributed by atoms with Gasteiger partial charge < -0.3 is 10.1 Å². The Morgan fingerprint density at radius 1 is 1.30 bits per heavy atom. The van der Waals surface area contributed by atoms with Crippen molar-refractivity contribution in [3.63, 3.8) is 0 Å². The summed E-state index contributed by atoms with van der Waals surface area (Å²) >= 11 is 1.85. The van der Waals surface area contributed by atoms with E-state index in [2.05, 4.69) is 47.6 Å². The van der Waals surface area contributed by atoms with Gasteiger partial charge in [0.05, 0.1) is 18.2 Å². The van der Waals surface area contributed by atoms with Crippen LogP contribution in [0.25, 0.3) is 16.9 Å². The standard InChI is InChI=1S/C21H28N4OS/c1-5-7-10-23-21-20(24-19-14-22-11-12-25(19)21)16-8-9-17(26-4)18(13-16)27-15(3)6-2/h8-9,11-15,23H,5-7,10H2,1-4H3. The lowest BCUT2D eigenvalue weighted by Gasteiger charge is -2.14. The van der Waals surface area contributed by atoms with Crippen molar-refractivity contribution in [1.29, 1.82) is 0 Å². The molecule has 0 radical (unpaired) electrons. The predicted octanol–water partition coefficient (Wildman–Crippen LogP) is 5.51. The number of fused-ring (bicyclic) bond motifs is 1. The molecule has 1 aromatic carbocycles. The molecular formula is C21H28N4OS. The number of ether oxygens (including phenoxy) is 1. The van der Waals surface area contributed by atoms with Crippen molar-refractivity contribution >= 4 is 23.2 Å². The maximum atomic E-state index is 5.58. The van der Waals surface area contributed by atoms with E-state index >= 15 is 0 Å². The van der Waals surface area contributed by atoms with E-state index in [9.17, 15) is 0 Å². The maximum Gasteiger partial charge on any atom is 0.157 e. The summed E-state index contributed by atoms with van der Waals surface area (Å²) < 4.78 is 7.65. The Balaban J connectivity index is 2.05. The number of imidazole rings is 1. The molecule has 27 heavy (non-hydrogen) atoms. The predicted molar refractivity (Wildman–Crippen MR) is 114 cm³/mol. The first-order valence-electron chi connectivity index (χ1n) is 9.58. The summed E-state index contributed by atoms with van der Waals surface area (Å²) in [6.07, 6.45) is 8.93. The van der Waals surface area contributed by atoms with Crippen molar-refractivity contribution < 1.29 is 4.74 Å². The van der Waals surface area contributed by atoms with Gasteiger partial charge in [-0.05, 0) is 31.0 Å². The Morgan fingerprint density at radius 2 is 2.15 bits per heavy atom. The number of methoxy groups -OCH3 is 1. The molecule has 2 aromatic heterocycles. The molecule has 0 saturated heterocycles. The maximum absolute atomic E-state index is 5.58. The highest BCUT2D eigenvalue weighted by Crippen LogP contribution is 2.38. The first-order chi connectivity index (χ1) is 13.2. The van der Waals surface area contributed by atoms with Crippen LogP contribution in [0.5, 0.6) is 5.75 Å². The summed E-state index contributed by atoms with van der Waals surface area (Å²) in [5, 5.41) is 4.10. The minimum absolute atomic E-state index is 0.529. The van der Waals surface area contributed by atoms with E-state index in [0.29, 0.717) is 5.25 Å². The van der Waals surface area contributed by atoms with Gasteiger partial charge in [0.25, 0.3) is 0 Å². The molecule has 3 rings (SSSR count). The number of unbranched alkanes of at least 4 members (excludes halogenated alkanes) is 1. The van der Waals surface area contributed by atoms with E-state index in [-0.39, 0.29) is 0 Å². The number of nitrogens with one attached hydrogen (secondary N) is 1. The number of rotatable bonds is 9. The van der Waals surface area contributed by atoms with E-state index in [0.717, 1.165) is 59.2 Å². The Morgan fingerprint density at radius 3 is 2.89 bits per heavy atom. The van der Waals surface area contributed by atoms with Crippen LogP contribution in [0.15, 0.2) is 41.7 Å². The van der Waals surface area contributed by atoms with Gasteiger partial charge in [-0.3, -0.25) is 9.38 Å². The molecule has 5 nitrogen and oxygen atoms in total. The van der Waals surface area contributed by atoms with E-state index in [1.807, 2.05) is 24.0 Å². The lowest BCUT2D eigenvalue weighted by molar-refractivity contribution is 0.405. The van der Waals surface area contributed by atoms with Crippen LogP contribution >= 0.6 is 11.8 Å². The monoisotopic (exact) mass is 384 g/mol. The van der Waals surface area contributed by atoms with Gasteiger partial charge in [0.15, 0.2) is 5.65 Å². The number of nitrogens with zero attached hydrogens (tertiary/aromatic N) is 3. The smallest absolute Gasteiger partial charge is 0.157 e. The van der Waals surface area contributed by atoms with Crippen molar-refractivity contribution in [1.82, 2.24) is 14.4 Å². The number of anilines is 1. The molecule has 1 N–H and O–H groups in total. The summed E-state index contributed by atoms with van der Waals surface area (Å²) in [5.74, 6) is 1.93. The van der Waals surface area contributed by atoms with Gasteiger partial charge in [0.2, 0.25) is 0 Å².